The number of nitrogens with zero attached hydrogens (tertiary/aromatic N) is 5. The van der Waals surface area contributed by atoms with Crippen LogP contribution in [0.15, 0.2) is 12.5 Å². The van der Waals surface area contributed by atoms with Gasteiger partial charge in [-0.25, -0.2) is 4.98 Å². The summed E-state index contributed by atoms with van der Waals surface area (Å²) in [5, 5.41) is 11.2. The van der Waals surface area contributed by atoms with Crippen molar-refractivity contribution in [2.45, 2.75) is 26.8 Å². The molecule has 2 rings (SSSR count). The van der Waals surface area contributed by atoms with Gasteiger partial charge in [-0.3, -0.25) is 4.98 Å². The molecule has 0 fully saturated rings. The molecule has 2 heterocycles. The molecule has 2 aromatic rings. The quantitative estimate of drug-likeness (QED) is 0.866. The van der Waals surface area contributed by atoms with Crippen LogP contribution in [0.2, 0.25) is 0 Å². The van der Waals surface area contributed by atoms with E-state index in [2.05, 4.69) is 25.5 Å². The Morgan fingerprint density at radius 1 is 1.29 bits per heavy atom. The van der Waals surface area contributed by atoms with E-state index in [1.165, 1.54) is 0 Å². The number of hydrogen-bond acceptors (Lipinski definition) is 5. The van der Waals surface area contributed by atoms with Gasteiger partial charge in [-0.2, -0.15) is 0 Å². The zero-order valence-electron chi connectivity index (χ0n) is 10.5. The molecule has 1 N–H and O–H groups in total. The van der Waals surface area contributed by atoms with Crippen LogP contribution in [-0.4, -0.2) is 24.7 Å². The maximum absolute atomic E-state index is 4.42. The first-order valence-corrected chi connectivity index (χ1v) is 5.48. The van der Waals surface area contributed by atoms with E-state index in [-0.39, 0.29) is 6.04 Å². The highest BCUT2D eigenvalue weighted by Crippen LogP contribution is 2.15. The van der Waals surface area contributed by atoms with E-state index in [0.29, 0.717) is 0 Å². The van der Waals surface area contributed by atoms with Crippen molar-refractivity contribution in [1.82, 2.24) is 24.7 Å². The fraction of sp³-hybridized carbons (Fsp3) is 0.455. The fourth-order valence-electron chi connectivity index (χ4n) is 1.58. The zero-order chi connectivity index (χ0) is 12.4. The van der Waals surface area contributed by atoms with E-state index in [4.69, 9.17) is 0 Å². The van der Waals surface area contributed by atoms with Crippen LogP contribution in [0.25, 0.3) is 0 Å². The SMILES string of the molecule is Cc1ncc(NC(C)c2nncn2C)nc1C. The Morgan fingerprint density at radius 2 is 2.06 bits per heavy atom. The summed E-state index contributed by atoms with van der Waals surface area (Å²) in [5.74, 6) is 1.62. The van der Waals surface area contributed by atoms with E-state index in [1.54, 1.807) is 12.5 Å². The minimum atomic E-state index is 0.0407. The van der Waals surface area contributed by atoms with Crippen molar-refractivity contribution in [3.05, 3.63) is 29.7 Å². The molecule has 17 heavy (non-hydrogen) atoms. The standard InChI is InChI=1S/C11H16N6/c1-7-8(2)14-10(5-12-7)15-9(3)11-16-13-6-17(11)4/h5-6,9H,1-4H3,(H,14,15). The Balaban J connectivity index is 2.16. The molecule has 0 saturated heterocycles. The van der Waals surface area contributed by atoms with Crippen molar-refractivity contribution in [3.8, 4) is 0 Å². The lowest BCUT2D eigenvalue weighted by Crippen LogP contribution is -2.13. The number of rotatable bonds is 3. The van der Waals surface area contributed by atoms with Crippen molar-refractivity contribution in [2.75, 3.05) is 5.32 Å². The Labute approximate surface area is 100 Å². The molecule has 0 aromatic carbocycles. The first-order valence-electron chi connectivity index (χ1n) is 5.48. The summed E-state index contributed by atoms with van der Waals surface area (Å²) >= 11 is 0. The third kappa shape index (κ3) is 2.41. The Morgan fingerprint density at radius 3 is 2.65 bits per heavy atom. The molecule has 0 saturated carbocycles. The lowest BCUT2D eigenvalue weighted by molar-refractivity contribution is 0.715. The van der Waals surface area contributed by atoms with Gasteiger partial charge in [0.1, 0.15) is 12.1 Å². The molecular weight excluding hydrogens is 216 g/mol. The molecule has 0 aliphatic rings. The van der Waals surface area contributed by atoms with Gasteiger partial charge in [-0.15, -0.1) is 10.2 Å². The first-order chi connectivity index (χ1) is 8.08. The molecule has 90 valence electrons. The van der Waals surface area contributed by atoms with Crippen LogP contribution in [0.4, 0.5) is 5.82 Å². The molecule has 6 nitrogen and oxygen atoms in total. The number of aromatic nitrogens is 5. The van der Waals surface area contributed by atoms with Crippen LogP contribution in [-0.2, 0) is 7.05 Å². The maximum atomic E-state index is 4.42. The minimum absolute atomic E-state index is 0.0407. The molecular formula is C11H16N6. The van der Waals surface area contributed by atoms with Crippen LogP contribution in [0, 0.1) is 13.8 Å². The van der Waals surface area contributed by atoms with Crippen molar-refractivity contribution in [1.29, 1.82) is 0 Å². The predicted octanol–water partition coefficient (Wildman–Crippen LogP) is 1.40. The molecule has 0 aliphatic carbocycles. The second-order valence-corrected chi connectivity index (χ2v) is 4.09. The van der Waals surface area contributed by atoms with Crippen molar-refractivity contribution in [2.24, 2.45) is 7.05 Å². The molecule has 0 bridgehead atoms. The van der Waals surface area contributed by atoms with Gasteiger partial charge in [-0.1, -0.05) is 0 Å². The summed E-state index contributed by atoms with van der Waals surface area (Å²) in [4.78, 5) is 8.69. The van der Waals surface area contributed by atoms with E-state index in [9.17, 15) is 0 Å². The van der Waals surface area contributed by atoms with Crippen LogP contribution in [0.5, 0.6) is 0 Å². The second kappa shape index (κ2) is 4.48. The normalized spacial score (nSPS) is 12.5. The van der Waals surface area contributed by atoms with E-state index in [1.807, 2.05) is 32.4 Å². The zero-order valence-corrected chi connectivity index (χ0v) is 10.5. The van der Waals surface area contributed by atoms with E-state index >= 15 is 0 Å². The van der Waals surface area contributed by atoms with E-state index in [0.717, 1.165) is 23.0 Å². The Kier molecular flexibility index (Phi) is 3.03. The Hall–Kier alpha value is -1.98. The van der Waals surface area contributed by atoms with Crippen molar-refractivity contribution in [3.63, 3.8) is 0 Å². The summed E-state index contributed by atoms with van der Waals surface area (Å²) < 4.78 is 1.88. The number of nitrogens with one attached hydrogen (secondary N) is 1. The van der Waals surface area contributed by atoms with Crippen LogP contribution >= 0.6 is 0 Å². The smallest absolute Gasteiger partial charge is 0.154 e. The predicted molar refractivity (Wildman–Crippen MR) is 64.5 cm³/mol. The van der Waals surface area contributed by atoms with E-state index < -0.39 is 0 Å². The summed E-state index contributed by atoms with van der Waals surface area (Å²) in [7, 11) is 1.92. The minimum Gasteiger partial charge on any atom is -0.359 e. The molecule has 0 aliphatic heterocycles. The van der Waals surface area contributed by atoms with Gasteiger partial charge >= 0.3 is 0 Å². The lowest BCUT2D eigenvalue weighted by Gasteiger charge is -2.13. The van der Waals surface area contributed by atoms with Gasteiger partial charge < -0.3 is 9.88 Å². The number of hydrogen-bond donors (Lipinski definition) is 1. The van der Waals surface area contributed by atoms with Gasteiger partial charge in [0.15, 0.2) is 5.82 Å². The molecule has 1 unspecified atom stereocenters. The lowest BCUT2D eigenvalue weighted by atomic mass is 10.3. The largest absolute Gasteiger partial charge is 0.359 e. The van der Waals surface area contributed by atoms with Gasteiger partial charge in [0.2, 0.25) is 0 Å². The molecule has 6 heteroatoms. The van der Waals surface area contributed by atoms with Crippen LogP contribution in [0.1, 0.15) is 30.2 Å². The molecule has 0 radical (unpaired) electrons. The third-order valence-corrected chi connectivity index (χ3v) is 2.69. The van der Waals surface area contributed by atoms with Gasteiger partial charge in [0.25, 0.3) is 0 Å². The average molecular weight is 232 g/mol. The van der Waals surface area contributed by atoms with Gasteiger partial charge in [-0.05, 0) is 20.8 Å². The summed E-state index contributed by atoms with van der Waals surface area (Å²) in [6, 6.07) is 0.0407. The molecule has 0 amide bonds. The number of aryl methyl sites for hydroxylation is 3. The highest BCUT2D eigenvalue weighted by atomic mass is 15.3. The Bertz CT molecular complexity index is 518. The average Bonchev–Trinajstić information content (AvgIpc) is 2.70. The summed E-state index contributed by atoms with van der Waals surface area (Å²) in [5.41, 5.74) is 1.88. The van der Waals surface area contributed by atoms with Gasteiger partial charge in [0.05, 0.1) is 23.6 Å². The summed E-state index contributed by atoms with van der Waals surface area (Å²) in [6.07, 6.45) is 3.41. The van der Waals surface area contributed by atoms with Crippen molar-refractivity contribution < 1.29 is 0 Å². The van der Waals surface area contributed by atoms with Gasteiger partial charge in [0, 0.05) is 7.05 Å². The molecule has 2 aromatic heterocycles. The van der Waals surface area contributed by atoms with Crippen LogP contribution < -0.4 is 5.32 Å². The maximum Gasteiger partial charge on any atom is 0.154 e. The topological polar surface area (TPSA) is 68.5 Å². The molecule has 0 spiro atoms. The molecule has 1 atom stereocenters. The highest BCUT2D eigenvalue weighted by Gasteiger charge is 2.12. The fourth-order valence-corrected chi connectivity index (χ4v) is 1.58. The van der Waals surface area contributed by atoms with Crippen LogP contribution in [0.3, 0.4) is 0 Å². The number of anilines is 1. The van der Waals surface area contributed by atoms with Crippen molar-refractivity contribution >= 4 is 5.82 Å². The monoisotopic (exact) mass is 232 g/mol. The first kappa shape index (κ1) is 11.5. The highest BCUT2D eigenvalue weighted by molar-refractivity contribution is 5.35. The third-order valence-electron chi connectivity index (χ3n) is 2.69. The second-order valence-electron chi connectivity index (χ2n) is 4.09. The summed E-state index contributed by atoms with van der Waals surface area (Å²) in [6.45, 7) is 5.90.